The van der Waals surface area contributed by atoms with Gasteiger partial charge in [0, 0.05) is 6.92 Å². The van der Waals surface area contributed by atoms with E-state index < -0.39 is 0 Å². The highest BCUT2D eigenvalue weighted by atomic mass is 16.6. The second kappa shape index (κ2) is 5.96. The molecule has 5 nitrogen and oxygen atoms in total. The first-order valence-electron chi connectivity index (χ1n) is 8.70. The summed E-state index contributed by atoms with van der Waals surface area (Å²) in [4.78, 5) is 25.1. The molecule has 4 rings (SSSR count). The topological polar surface area (TPSA) is 58.6 Å². The summed E-state index contributed by atoms with van der Waals surface area (Å²) in [5.74, 6) is -0.105. The SMILES string of the molecule is CC(=O)NC[C@@H]1OC(=O)N2c3ccc(C4=CCCCC4)cc3C[C@@H]12. The second-order valence-corrected chi connectivity index (χ2v) is 6.82. The van der Waals surface area contributed by atoms with Gasteiger partial charge < -0.3 is 10.1 Å². The van der Waals surface area contributed by atoms with Gasteiger partial charge >= 0.3 is 6.09 Å². The van der Waals surface area contributed by atoms with E-state index >= 15 is 0 Å². The van der Waals surface area contributed by atoms with Crippen LogP contribution in [0.5, 0.6) is 0 Å². The van der Waals surface area contributed by atoms with E-state index in [9.17, 15) is 9.59 Å². The highest BCUT2D eigenvalue weighted by Crippen LogP contribution is 2.40. The van der Waals surface area contributed by atoms with E-state index in [0.29, 0.717) is 6.54 Å². The summed E-state index contributed by atoms with van der Waals surface area (Å²) >= 11 is 0. The third-order valence-electron chi connectivity index (χ3n) is 5.19. The highest BCUT2D eigenvalue weighted by Gasteiger charge is 2.47. The lowest BCUT2D eigenvalue weighted by Gasteiger charge is -2.16. The largest absolute Gasteiger partial charge is 0.442 e. The van der Waals surface area contributed by atoms with Crippen molar-refractivity contribution in [2.24, 2.45) is 0 Å². The van der Waals surface area contributed by atoms with Crippen LogP contribution in [0, 0.1) is 0 Å². The Labute approximate surface area is 141 Å². The first-order chi connectivity index (χ1) is 11.6. The number of fused-ring (bicyclic) bond motifs is 3. The monoisotopic (exact) mass is 326 g/mol. The fourth-order valence-electron chi connectivity index (χ4n) is 4.00. The van der Waals surface area contributed by atoms with Gasteiger partial charge in [0.15, 0.2) is 0 Å². The van der Waals surface area contributed by atoms with Crippen molar-refractivity contribution in [2.75, 3.05) is 11.4 Å². The molecule has 0 bridgehead atoms. The number of hydrogen-bond donors (Lipinski definition) is 1. The lowest BCUT2D eigenvalue weighted by molar-refractivity contribution is -0.119. The van der Waals surface area contributed by atoms with Crippen molar-refractivity contribution in [1.29, 1.82) is 0 Å². The molecule has 1 N–H and O–H groups in total. The van der Waals surface area contributed by atoms with Crippen molar-refractivity contribution >= 4 is 23.3 Å². The van der Waals surface area contributed by atoms with Gasteiger partial charge in [0.1, 0.15) is 6.10 Å². The number of benzene rings is 1. The maximum atomic E-state index is 12.2. The number of nitrogens with one attached hydrogen (secondary N) is 1. The maximum Gasteiger partial charge on any atom is 0.415 e. The van der Waals surface area contributed by atoms with Crippen LogP contribution in [0.25, 0.3) is 5.57 Å². The number of hydrogen-bond acceptors (Lipinski definition) is 3. The Morgan fingerprint density at radius 2 is 2.25 bits per heavy atom. The van der Waals surface area contributed by atoms with Crippen LogP contribution in [0.15, 0.2) is 24.3 Å². The Bertz CT molecular complexity index is 725. The fourth-order valence-corrected chi connectivity index (χ4v) is 4.00. The summed E-state index contributed by atoms with van der Waals surface area (Å²) in [5, 5.41) is 2.76. The van der Waals surface area contributed by atoms with Crippen LogP contribution in [0.3, 0.4) is 0 Å². The van der Waals surface area contributed by atoms with Crippen molar-refractivity contribution in [3.8, 4) is 0 Å². The minimum absolute atomic E-state index is 0.0186. The van der Waals surface area contributed by atoms with E-state index in [-0.39, 0.29) is 24.1 Å². The summed E-state index contributed by atoms with van der Waals surface area (Å²) in [6, 6.07) is 6.37. The molecule has 2 aliphatic heterocycles. The van der Waals surface area contributed by atoms with Gasteiger partial charge in [-0.15, -0.1) is 0 Å². The molecule has 2 amide bonds. The van der Waals surface area contributed by atoms with Crippen LogP contribution in [-0.2, 0) is 16.0 Å². The average molecular weight is 326 g/mol. The Balaban J connectivity index is 1.58. The molecule has 0 aromatic heterocycles. The third kappa shape index (κ3) is 2.58. The average Bonchev–Trinajstić information content (AvgIpc) is 3.11. The van der Waals surface area contributed by atoms with Crippen molar-refractivity contribution in [3.05, 3.63) is 35.4 Å². The number of carbonyl (C=O) groups excluding carboxylic acids is 2. The van der Waals surface area contributed by atoms with E-state index in [4.69, 9.17) is 4.74 Å². The summed E-state index contributed by atoms with van der Waals surface area (Å²) in [6.07, 6.45) is 7.36. The molecule has 1 fully saturated rings. The first-order valence-corrected chi connectivity index (χ1v) is 8.70. The van der Waals surface area contributed by atoms with Crippen LogP contribution in [0.1, 0.15) is 43.7 Å². The number of anilines is 1. The maximum absolute atomic E-state index is 12.2. The number of cyclic esters (lactones) is 1. The van der Waals surface area contributed by atoms with Gasteiger partial charge in [-0.05, 0) is 60.9 Å². The molecule has 0 radical (unpaired) electrons. The lowest BCUT2D eigenvalue weighted by atomic mass is 9.92. The molecular formula is C19H22N2O3. The van der Waals surface area contributed by atoms with Gasteiger partial charge in [-0.25, -0.2) is 4.79 Å². The Hall–Kier alpha value is -2.30. The predicted octanol–water partition coefficient (Wildman–Crippen LogP) is 3.03. The number of allylic oxidation sites excluding steroid dienone is 2. The normalized spacial score (nSPS) is 25.0. The first kappa shape index (κ1) is 15.2. The minimum Gasteiger partial charge on any atom is -0.442 e. The lowest BCUT2D eigenvalue weighted by Crippen LogP contribution is -2.40. The molecule has 24 heavy (non-hydrogen) atoms. The summed E-state index contributed by atoms with van der Waals surface area (Å²) < 4.78 is 5.44. The van der Waals surface area contributed by atoms with E-state index in [0.717, 1.165) is 24.9 Å². The van der Waals surface area contributed by atoms with Crippen LogP contribution >= 0.6 is 0 Å². The summed E-state index contributed by atoms with van der Waals surface area (Å²) in [5.41, 5.74) is 4.86. The quantitative estimate of drug-likeness (QED) is 0.929. The van der Waals surface area contributed by atoms with Gasteiger partial charge in [0.25, 0.3) is 0 Å². The number of nitrogens with zero attached hydrogens (tertiary/aromatic N) is 1. The zero-order valence-corrected chi connectivity index (χ0v) is 13.9. The Morgan fingerprint density at radius 1 is 1.38 bits per heavy atom. The molecule has 0 spiro atoms. The molecule has 2 atom stereocenters. The van der Waals surface area contributed by atoms with Gasteiger partial charge in [-0.1, -0.05) is 12.1 Å². The molecule has 1 saturated heterocycles. The van der Waals surface area contributed by atoms with Gasteiger partial charge in [0.05, 0.1) is 18.3 Å². The third-order valence-corrected chi connectivity index (χ3v) is 5.19. The van der Waals surface area contributed by atoms with Crippen LogP contribution in [-0.4, -0.2) is 30.7 Å². The van der Waals surface area contributed by atoms with Gasteiger partial charge in [-0.3, -0.25) is 9.69 Å². The number of amides is 2. The standard InChI is InChI=1S/C19H22N2O3/c1-12(22)20-11-18-17-10-15-9-14(13-5-3-2-4-6-13)7-8-16(15)21(17)19(23)24-18/h5,7-9,17-18H,2-4,6,10-11H2,1H3,(H,20,22)/t17-,18-/m0/s1. The smallest absolute Gasteiger partial charge is 0.415 e. The molecule has 5 heteroatoms. The van der Waals surface area contributed by atoms with E-state index in [1.807, 2.05) is 6.07 Å². The van der Waals surface area contributed by atoms with Crippen LogP contribution < -0.4 is 10.2 Å². The van der Waals surface area contributed by atoms with E-state index in [2.05, 4.69) is 23.5 Å². The van der Waals surface area contributed by atoms with Crippen LogP contribution in [0.4, 0.5) is 10.5 Å². The molecule has 1 aliphatic carbocycles. The van der Waals surface area contributed by atoms with Crippen molar-refractivity contribution in [3.63, 3.8) is 0 Å². The number of rotatable bonds is 3. The summed E-state index contributed by atoms with van der Waals surface area (Å²) in [7, 11) is 0. The Kier molecular flexibility index (Phi) is 3.79. The predicted molar refractivity (Wildman–Crippen MR) is 91.8 cm³/mol. The van der Waals surface area contributed by atoms with Crippen molar-refractivity contribution in [1.82, 2.24) is 5.32 Å². The molecule has 2 heterocycles. The van der Waals surface area contributed by atoms with E-state index in [1.165, 1.54) is 36.5 Å². The fraction of sp³-hybridized carbons (Fsp3) is 0.474. The molecule has 1 aromatic carbocycles. The molecule has 126 valence electrons. The zero-order chi connectivity index (χ0) is 16.7. The second-order valence-electron chi connectivity index (χ2n) is 6.82. The zero-order valence-electron chi connectivity index (χ0n) is 13.9. The van der Waals surface area contributed by atoms with Gasteiger partial charge in [-0.2, -0.15) is 0 Å². The van der Waals surface area contributed by atoms with Crippen molar-refractivity contribution < 1.29 is 14.3 Å². The molecule has 1 aromatic rings. The van der Waals surface area contributed by atoms with Gasteiger partial charge in [0.2, 0.25) is 5.91 Å². The van der Waals surface area contributed by atoms with E-state index in [1.54, 1.807) is 4.90 Å². The molecule has 0 unspecified atom stereocenters. The molecular weight excluding hydrogens is 304 g/mol. The van der Waals surface area contributed by atoms with Crippen molar-refractivity contribution in [2.45, 2.75) is 51.2 Å². The molecule has 3 aliphatic rings. The minimum atomic E-state index is -0.307. The number of ether oxygens (including phenoxy) is 1. The molecule has 0 saturated carbocycles. The number of carbonyl (C=O) groups is 2. The summed E-state index contributed by atoms with van der Waals surface area (Å²) in [6.45, 7) is 1.84. The van der Waals surface area contributed by atoms with Crippen LogP contribution in [0.2, 0.25) is 0 Å². The Morgan fingerprint density at radius 3 is 3.00 bits per heavy atom. The highest BCUT2D eigenvalue weighted by molar-refractivity contribution is 5.94.